The third-order valence-corrected chi connectivity index (χ3v) is 3.49. The molecule has 1 amide bonds. The molecular formula is C13H14N4O3S. The maximum Gasteiger partial charge on any atom is 0.275 e. The maximum absolute atomic E-state index is 12.2. The third-order valence-electron chi connectivity index (χ3n) is 2.72. The molecule has 0 aliphatic heterocycles. The number of carbonyl (C=O) groups is 1. The Labute approximate surface area is 125 Å². The van der Waals surface area contributed by atoms with E-state index in [1.54, 1.807) is 23.6 Å². The zero-order valence-corrected chi connectivity index (χ0v) is 12.3. The summed E-state index contributed by atoms with van der Waals surface area (Å²) in [5.41, 5.74) is 6.60. The summed E-state index contributed by atoms with van der Waals surface area (Å²) >= 11 is 1.38. The zero-order valence-electron chi connectivity index (χ0n) is 11.5. The van der Waals surface area contributed by atoms with Gasteiger partial charge in [-0.1, -0.05) is 11.2 Å². The summed E-state index contributed by atoms with van der Waals surface area (Å²) in [4.78, 5) is 16.3. The van der Waals surface area contributed by atoms with Crippen molar-refractivity contribution in [3.05, 3.63) is 39.8 Å². The van der Waals surface area contributed by atoms with Crippen LogP contribution in [0.1, 0.15) is 21.1 Å². The molecule has 0 bridgehead atoms. The van der Waals surface area contributed by atoms with Gasteiger partial charge < -0.3 is 21.0 Å². The van der Waals surface area contributed by atoms with Crippen molar-refractivity contribution in [1.29, 1.82) is 0 Å². The number of nitrogens with one attached hydrogen (secondary N) is 1. The van der Waals surface area contributed by atoms with E-state index in [9.17, 15) is 4.79 Å². The molecule has 110 valence electrons. The number of aromatic nitrogens is 1. The average Bonchev–Trinajstić information content (AvgIpc) is 2.93. The highest BCUT2D eigenvalue weighted by Crippen LogP contribution is 2.28. The van der Waals surface area contributed by atoms with Gasteiger partial charge in [-0.15, -0.1) is 11.3 Å². The first-order chi connectivity index (χ1) is 10.1. The molecule has 7 nitrogen and oxygen atoms in total. The molecule has 0 saturated carbocycles. The summed E-state index contributed by atoms with van der Waals surface area (Å²) in [7, 11) is 1.47. The van der Waals surface area contributed by atoms with Crippen molar-refractivity contribution < 1.29 is 14.7 Å². The van der Waals surface area contributed by atoms with Crippen LogP contribution < -0.4 is 15.8 Å². The molecule has 21 heavy (non-hydrogen) atoms. The molecule has 0 atom stereocenters. The van der Waals surface area contributed by atoms with Crippen LogP contribution in [-0.4, -0.2) is 29.0 Å². The molecule has 0 unspecified atom stereocenters. The Morgan fingerprint density at radius 2 is 2.29 bits per heavy atom. The van der Waals surface area contributed by atoms with Crippen LogP contribution in [0, 0.1) is 6.92 Å². The molecule has 1 aromatic carbocycles. The summed E-state index contributed by atoms with van der Waals surface area (Å²) in [5.74, 6) is -0.117. The second kappa shape index (κ2) is 6.23. The van der Waals surface area contributed by atoms with E-state index in [2.05, 4.69) is 15.5 Å². The minimum Gasteiger partial charge on any atom is -0.495 e. The van der Waals surface area contributed by atoms with Crippen LogP contribution in [0.5, 0.6) is 5.75 Å². The number of amides is 1. The highest BCUT2D eigenvalue weighted by atomic mass is 32.1. The van der Waals surface area contributed by atoms with Crippen molar-refractivity contribution in [3.63, 3.8) is 0 Å². The predicted octanol–water partition coefficient (Wildman–Crippen LogP) is 1.81. The SMILES string of the molecule is COc1cccc(/C(N)=N/O)c1NC(=O)c1csc(C)n1. The molecule has 0 radical (unpaired) electrons. The number of nitrogens with two attached hydrogens (primary N) is 1. The number of anilines is 1. The fourth-order valence-corrected chi connectivity index (χ4v) is 2.34. The smallest absolute Gasteiger partial charge is 0.275 e. The van der Waals surface area contributed by atoms with Gasteiger partial charge in [-0.25, -0.2) is 4.98 Å². The molecular weight excluding hydrogens is 292 g/mol. The fourth-order valence-electron chi connectivity index (χ4n) is 1.74. The summed E-state index contributed by atoms with van der Waals surface area (Å²) < 4.78 is 5.20. The number of oxime groups is 1. The molecule has 0 saturated heterocycles. The highest BCUT2D eigenvalue weighted by molar-refractivity contribution is 7.09. The highest BCUT2D eigenvalue weighted by Gasteiger charge is 2.17. The average molecular weight is 306 g/mol. The van der Waals surface area contributed by atoms with E-state index in [1.807, 2.05) is 6.92 Å². The van der Waals surface area contributed by atoms with Crippen LogP contribution >= 0.6 is 11.3 Å². The number of ether oxygens (including phenoxy) is 1. The number of amidine groups is 1. The molecule has 2 rings (SSSR count). The number of nitrogens with zero attached hydrogens (tertiary/aromatic N) is 2. The van der Waals surface area contributed by atoms with Gasteiger partial charge in [0.25, 0.3) is 5.91 Å². The normalized spacial score (nSPS) is 11.2. The molecule has 2 aromatic rings. The van der Waals surface area contributed by atoms with Gasteiger partial charge in [-0.2, -0.15) is 0 Å². The Balaban J connectivity index is 2.40. The zero-order chi connectivity index (χ0) is 15.4. The van der Waals surface area contributed by atoms with Gasteiger partial charge in [0.05, 0.1) is 17.8 Å². The number of hydrogen-bond acceptors (Lipinski definition) is 6. The number of rotatable bonds is 4. The van der Waals surface area contributed by atoms with E-state index in [-0.39, 0.29) is 5.84 Å². The van der Waals surface area contributed by atoms with Crippen molar-refractivity contribution in [2.45, 2.75) is 6.92 Å². The summed E-state index contributed by atoms with van der Waals surface area (Å²) in [5, 5.41) is 16.9. The first kappa shape index (κ1) is 14.8. The van der Waals surface area contributed by atoms with Crippen molar-refractivity contribution in [2.75, 3.05) is 12.4 Å². The van der Waals surface area contributed by atoms with Crippen LogP contribution in [0.2, 0.25) is 0 Å². The van der Waals surface area contributed by atoms with E-state index in [4.69, 9.17) is 15.7 Å². The number of carbonyl (C=O) groups excluding carboxylic acids is 1. The molecule has 1 heterocycles. The van der Waals surface area contributed by atoms with Crippen LogP contribution in [-0.2, 0) is 0 Å². The molecule has 0 fully saturated rings. The Morgan fingerprint density at radius 1 is 1.52 bits per heavy atom. The summed E-state index contributed by atoms with van der Waals surface area (Å²) in [6.45, 7) is 1.81. The minimum atomic E-state index is -0.393. The lowest BCUT2D eigenvalue weighted by molar-refractivity contribution is 0.102. The predicted molar refractivity (Wildman–Crippen MR) is 80.3 cm³/mol. The molecule has 1 aromatic heterocycles. The van der Waals surface area contributed by atoms with Gasteiger partial charge in [0.15, 0.2) is 5.84 Å². The standard InChI is InChI=1S/C13H14N4O3S/c1-7-15-9(6-21-7)13(18)16-11-8(12(14)17-19)4-3-5-10(11)20-2/h3-6,19H,1-2H3,(H2,14,17)(H,16,18). The van der Waals surface area contributed by atoms with E-state index < -0.39 is 5.91 Å². The molecule has 4 N–H and O–H groups in total. The first-order valence-electron chi connectivity index (χ1n) is 5.95. The van der Waals surface area contributed by atoms with Gasteiger partial charge in [-0.05, 0) is 19.1 Å². The number of hydrogen-bond donors (Lipinski definition) is 3. The Hall–Kier alpha value is -2.61. The van der Waals surface area contributed by atoms with Crippen LogP contribution in [0.15, 0.2) is 28.7 Å². The lowest BCUT2D eigenvalue weighted by Crippen LogP contribution is -2.20. The number of benzene rings is 1. The second-order valence-corrected chi connectivity index (χ2v) is 5.14. The van der Waals surface area contributed by atoms with E-state index in [0.717, 1.165) is 5.01 Å². The Morgan fingerprint density at radius 3 is 2.86 bits per heavy atom. The van der Waals surface area contributed by atoms with E-state index in [0.29, 0.717) is 22.7 Å². The van der Waals surface area contributed by atoms with Crippen LogP contribution in [0.4, 0.5) is 5.69 Å². The van der Waals surface area contributed by atoms with Crippen molar-refractivity contribution in [3.8, 4) is 5.75 Å². The number of thiazole rings is 1. The molecule has 0 aliphatic carbocycles. The van der Waals surface area contributed by atoms with Crippen LogP contribution in [0.25, 0.3) is 0 Å². The van der Waals surface area contributed by atoms with Gasteiger partial charge in [-0.3, -0.25) is 4.79 Å². The summed E-state index contributed by atoms with van der Waals surface area (Å²) in [6, 6.07) is 4.95. The monoisotopic (exact) mass is 306 g/mol. The molecule has 8 heteroatoms. The third kappa shape index (κ3) is 3.11. The second-order valence-electron chi connectivity index (χ2n) is 4.07. The Bertz CT molecular complexity index is 696. The van der Waals surface area contributed by atoms with Gasteiger partial charge in [0, 0.05) is 10.9 Å². The van der Waals surface area contributed by atoms with Crippen molar-refractivity contribution >= 4 is 28.8 Å². The quantitative estimate of drug-likeness (QED) is 0.345. The number of para-hydroxylation sites is 1. The fraction of sp³-hybridized carbons (Fsp3) is 0.154. The number of methoxy groups -OCH3 is 1. The summed E-state index contributed by atoms with van der Waals surface area (Å²) in [6.07, 6.45) is 0. The van der Waals surface area contributed by atoms with Crippen molar-refractivity contribution in [1.82, 2.24) is 4.98 Å². The topological polar surface area (TPSA) is 110 Å². The van der Waals surface area contributed by atoms with Crippen LogP contribution in [0.3, 0.4) is 0 Å². The first-order valence-corrected chi connectivity index (χ1v) is 6.83. The lowest BCUT2D eigenvalue weighted by atomic mass is 10.1. The van der Waals surface area contributed by atoms with E-state index in [1.165, 1.54) is 18.4 Å². The number of aryl methyl sites for hydroxylation is 1. The largest absolute Gasteiger partial charge is 0.495 e. The Kier molecular flexibility index (Phi) is 4.39. The van der Waals surface area contributed by atoms with Gasteiger partial charge in [0.1, 0.15) is 11.4 Å². The molecule has 0 spiro atoms. The maximum atomic E-state index is 12.2. The lowest BCUT2D eigenvalue weighted by Gasteiger charge is -2.13. The molecule has 0 aliphatic rings. The van der Waals surface area contributed by atoms with Gasteiger partial charge in [0.2, 0.25) is 0 Å². The van der Waals surface area contributed by atoms with Crippen molar-refractivity contribution in [2.24, 2.45) is 10.9 Å². The van der Waals surface area contributed by atoms with E-state index >= 15 is 0 Å². The van der Waals surface area contributed by atoms with Gasteiger partial charge >= 0.3 is 0 Å². The minimum absolute atomic E-state index is 0.126.